The predicted molar refractivity (Wildman–Crippen MR) is 82.5 cm³/mol. The monoisotopic (exact) mass is 282 g/mol. The van der Waals surface area contributed by atoms with Gasteiger partial charge in [-0.15, -0.1) is 0 Å². The third kappa shape index (κ3) is 5.56. The molecule has 0 aromatic carbocycles. The zero-order chi connectivity index (χ0) is 15.0. The van der Waals surface area contributed by atoms with Crippen molar-refractivity contribution in [1.82, 2.24) is 15.0 Å². The van der Waals surface area contributed by atoms with Crippen LogP contribution in [-0.2, 0) is 4.74 Å². The minimum Gasteiger partial charge on any atom is -0.377 e. The molecule has 1 aromatic heterocycles. The van der Waals surface area contributed by atoms with Gasteiger partial charge in [0.15, 0.2) is 0 Å². The van der Waals surface area contributed by atoms with E-state index < -0.39 is 0 Å². The van der Waals surface area contributed by atoms with Crippen LogP contribution in [0.2, 0.25) is 0 Å². The Kier molecular flexibility index (Phi) is 7.00. The van der Waals surface area contributed by atoms with Crippen LogP contribution in [0.4, 0.5) is 17.8 Å². The quantitative estimate of drug-likeness (QED) is 0.712. The molecule has 1 atom stereocenters. The van der Waals surface area contributed by atoms with Crippen LogP contribution in [0.25, 0.3) is 0 Å². The molecule has 0 radical (unpaired) electrons. The molecule has 1 unspecified atom stereocenters. The molecule has 7 heteroatoms. The Hall–Kier alpha value is -1.63. The first-order valence-corrected chi connectivity index (χ1v) is 7.09. The van der Waals surface area contributed by atoms with Crippen molar-refractivity contribution < 1.29 is 4.74 Å². The van der Waals surface area contributed by atoms with Crippen molar-refractivity contribution in [1.29, 1.82) is 0 Å². The highest BCUT2D eigenvalue weighted by molar-refractivity contribution is 5.42. The average Bonchev–Trinajstić information content (AvgIpc) is 2.43. The van der Waals surface area contributed by atoms with Gasteiger partial charge < -0.3 is 20.3 Å². The number of ether oxygens (including phenoxy) is 1. The van der Waals surface area contributed by atoms with E-state index in [-0.39, 0.29) is 6.10 Å². The van der Waals surface area contributed by atoms with Crippen molar-refractivity contribution in [3.05, 3.63) is 0 Å². The molecule has 0 aliphatic rings. The van der Waals surface area contributed by atoms with Gasteiger partial charge in [-0.05, 0) is 20.3 Å². The van der Waals surface area contributed by atoms with E-state index in [0.717, 1.165) is 13.0 Å². The van der Waals surface area contributed by atoms with Crippen LogP contribution in [0, 0.1) is 0 Å². The number of aromatic nitrogens is 3. The van der Waals surface area contributed by atoms with E-state index in [1.165, 1.54) is 0 Å². The molecule has 0 bridgehead atoms. The van der Waals surface area contributed by atoms with Crippen LogP contribution in [-0.4, -0.2) is 54.8 Å². The van der Waals surface area contributed by atoms with Gasteiger partial charge in [0.2, 0.25) is 17.8 Å². The summed E-state index contributed by atoms with van der Waals surface area (Å²) in [5.74, 6) is 1.79. The summed E-state index contributed by atoms with van der Waals surface area (Å²) in [5.41, 5.74) is 0. The Morgan fingerprint density at radius 2 is 1.75 bits per heavy atom. The van der Waals surface area contributed by atoms with Gasteiger partial charge in [0.25, 0.3) is 0 Å². The van der Waals surface area contributed by atoms with Crippen molar-refractivity contribution >= 4 is 17.8 Å². The second kappa shape index (κ2) is 8.52. The van der Waals surface area contributed by atoms with Crippen molar-refractivity contribution in [2.24, 2.45) is 0 Å². The fourth-order valence-electron chi connectivity index (χ4n) is 1.54. The number of rotatable bonds is 9. The molecule has 0 spiro atoms. The zero-order valence-electron chi connectivity index (χ0n) is 13.1. The van der Waals surface area contributed by atoms with Crippen molar-refractivity contribution in [3.63, 3.8) is 0 Å². The average molecular weight is 282 g/mol. The van der Waals surface area contributed by atoms with Gasteiger partial charge in [0, 0.05) is 33.8 Å². The molecule has 2 N–H and O–H groups in total. The van der Waals surface area contributed by atoms with Crippen LogP contribution in [0.5, 0.6) is 0 Å². The molecule has 0 saturated heterocycles. The molecule has 0 fully saturated rings. The summed E-state index contributed by atoms with van der Waals surface area (Å²) < 4.78 is 5.48. The topological polar surface area (TPSA) is 75.2 Å². The number of nitrogens with zero attached hydrogens (tertiary/aromatic N) is 4. The second-order valence-corrected chi connectivity index (χ2v) is 4.75. The Morgan fingerprint density at radius 1 is 1.10 bits per heavy atom. The summed E-state index contributed by atoms with van der Waals surface area (Å²) in [7, 11) is 3.82. The first-order chi connectivity index (χ1) is 9.56. The molecule has 1 heterocycles. The fourth-order valence-corrected chi connectivity index (χ4v) is 1.54. The third-order valence-electron chi connectivity index (χ3n) is 2.56. The summed E-state index contributed by atoms with van der Waals surface area (Å²) in [6, 6.07) is 0. The summed E-state index contributed by atoms with van der Waals surface area (Å²) in [6.07, 6.45) is 1.14. The molecule has 0 saturated carbocycles. The third-order valence-corrected chi connectivity index (χ3v) is 2.56. The molecular formula is C13H26N6O. The van der Waals surface area contributed by atoms with E-state index in [2.05, 4.69) is 32.5 Å². The molecule has 114 valence electrons. The van der Waals surface area contributed by atoms with E-state index >= 15 is 0 Å². The lowest BCUT2D eigenvalue weighted by molar-refractivity contribution is 0.0854. The van der Waals surface area contributed by atoms with E-state index in [0.29, 0.717) is 31.0 Å². The molecule has 0 amide bonds. The molecule has 0 aliphatic heterocycles. The van der Waals surface area contributed by atoms with Gasteiger partial charge >= 0.3 is 0 Å². The van der Waals surface area contributed by atoms with Gasteiger partial charge in [0.05, 0.1) is 6.10 Å². The summed E-state index contributed by atoms with van der Waals surface area (Å²) in [6.45, 7) is 8.30. The number of anilines is 3. The van der Waals surface area contributed by atoms with E-state index in [4.69, 9.17) is 4.74 Å². The number of hydrogen-bond acceptors (Lipinski definition) is 7. The van der Waals surface area contributed by atoms with Crippen molar-refractivity contribution in [3.8, 4) is 0 Å². The van der Waals surface area contributed by atoms with Gasteiger partial charge in [0.1, 0.15) is 0 Å². The van der Waals surface area contributed by atoms with E-state index in [1.807, 2.05) is 32.8 Å². The SMILES string of the molecule is CCCNc1nc(NCC(C)OCC)nc(N(C)C)n1. The largest absolute Gasteiger partial charge is 0.377 e. The highest BCUT2D eigenvalue weighted by atomic mass is 16.5. The maximum absolute atomic E-state index is 5.48. The molecular weight excluding hydrogens is 256 g/mol. The fraction of sp³-hybridized carbons (Fsp3) is 0.769. The van der Waals surface area contributed by atoms with Crippen LogP contribution in [0.3, 0.4) is 0 Å². The van der Waals surface area contributed by atoms with Crippen LogP contribution >= 0.6 is 0 Å². The van der Waals surface area contributed by atoms with Gasteiger partial charge in [-0.3, -0.25) is 0 Å². The Morgan fingerprint density at radius 3 is 2.30 bits per heavy atom. The number of nitrogens with one attached hydrogen (secondary N) is 2. The van der Waals surface area contributed by atoms with Gasteiger partial charge in [-0.25, -0.2) is 0 Å². The van der Waals surface area contributed by atoms with E-state index in [1.54, 1.807) is 0 Å². The Balaban J connectivity index is 2.74. The summed E-state index contributed by atoms with van der Waals surface area (Å²) in [5, 5.41) is 6.37. The van der Waals surface area contributed by atoms with Crippen molar-refractivity contribution in [2.45, 2.75) is 33.3 Å². The van der Waals surface area contributed by atoms with Gasteiger partial charge in [-0.2, -0.15) is 15.0 Å². The molecule has 20 heavy (non-hydrogen) atoms. The first-order valence-electron chi connectivity index (χ1n) is 7.09. The highest BCUT2D eigenvalue weighted by Gasteiger charge is 2.09. The minimum absolute atomic E-state index is 0.117. The second-order valence-electron chi connectivity index (χ2n) is 4.75. The van der Waals surface area contributed by atoms with Crippen molar-refractivity contribution in [2.75, 3.05) is 49.3 Å². The molecule has 1 rings (SSSR count). The lowest BCUT2D eigenvalue weighted by Gasteiger charge is -2.16. The number of hydrogen-bond donors (Lipinski definition) is 2. The Labute approximate surface area is 121 Å². The van der Waals surface area contributed by atoms with Crippen LogP contribution < -0.4 is 15.5 Å². The van der Waals surface area contributed by atoms with Crippen LogP contribution in [0.1, 0.15) is 27.2 Å². The molecule has 1 aromatic rings. The normalized spacial score (nSPS) is 12.1. The molecule has 7 nitrogen and oxygen atoms in total. The predicted octanol–water partition coefficient (Wildman–Crippen LogP) is 1.60. The first kappa shape index (κ1) is 16.4. The van der Waals surface area contributed by atoms with Gasteiger partial charge in [-0.1, -0.05) is 6.92 Å². The highest BCUT2D eigenvalue weighted by Crippen LogP contribution is 2.11. The zero-order valence-corrected chi connectivity index (χ0v) is 13.1. The minimum atomic E-state index is 0.117. The molecule has 0 aliphatic carbocycles. The Bertz CT molecular complexity index is 398. The smallest absolute Gasteiger partial charge is 0.231 e. The van der Waals surface area contributed by atoms with Crippen LogP contribution in [0.15, 0.2) is 0 Å². The summed E-state index contributed by atoms with van der Waals surface area (Å²) >= 11 is 0. The standard InChI is InChI=1S/C13H26N6O/c1-6-8-14-11-16-12(15-9-10(3)20-7-2)18-13(17-11)19(4)5/h10H,6-9H2,1-5H3,(H2,14,15,16,17,18). The maximum atomic E-state index is 5.48. The van der Waals surface area contributed by atoms with E-state index in [9.17, 15) is 0 Å². The lowest BCUT2D eigenvalue weighted by atomic mass is 10.4. The maximum Gasteiger partial charge on any atom is 0.231 e. The summed E-state index contributed by atoms with van der Waals surface area (Å²) in [4.78, 5) is 14.9. The lowest BCUT2D eigenvalue weighted by Crippen LogP contribution is -2.22.